The van der Waals surface area contributed by atoms with Gasteiger partial charge >= 0.3 is 0 Å². The summed E-state index contributed by atoms with van der Waals surface area (Å²) in [6, 6.07) is 15.3. The van der Waals surface area contributed by atoms with Crippen LogP contribution in [0.5, 0.6) is 0 Å². The number of carbonyl (C=O) groups excluding carboxylic acids is 1. The van der Waals surface area contributed by atoms with E-state index < -0.39 is 0 Å². The number of carbonyl (C=O) groups is 1. The second kappa shape index (κ2) is 8.31. The average molecular weight is 372 g/mol. The minimum atomic E-state index is -0.372. The van der Waals surface area contributed by atoms with Crippen molar-refractivity contribution in [3.05, 3.63) is 70.5 Å². The van der Waals surface area contributed by atoms with E-state index in [0.29, 0.717) is 31.2 Å². The van der Waals surface area contributed by atoms with Gasteiger partial charge in [-0.2, -0.15) is 5.26 Å². The van der Waals surface area contributed by atoms with Crippen molar-refractivity contribution in [2.24, 2.45) is 0 Å². The summed E-state index contributed by atoms with van der Waals surface area (Å²) in [5, 5.41) is 10.2. The Morgan fingerprint density at radius 2 is 1.85 bits per heavy atom. The average Bonchev–Trinajstić information content (AvgIpc) is 2.65. The van der Waals surface area contributed by atoms with Crippen molar-refractivity contribution in [1.29, 1.82) is 5.26 Å². The van der Waals surface area contributed by atoms with Crippen LogP contribution in [0.1, 0.15) is 17.2 Å². The molecule has 1 aliphatic heterocycles. The molecule has 0 bridgehead atoms. The number of hydrogen-bond acceptors (Lipinski definition) is 3. The lowest BCUT2D eigenvalue weighted by Gasteiger charge is -2.37. The van der Waals surface area contributed by atoms with Crippen LogP contribution >= 0.6 is 11.6 Å². The lowest BCUT2D eigenvalue weighted by atomic mass is 10.1. The third kappa shape index (κ3) is 4.40. The van der Waals surface area contributed by atoms with Crippen LogP contribution < -0.4 is 0 Å². The van der Waals surface area contributed by atoms with E-state index in [1.165, 1.54) is 12.1 Å². The van der Waals surface area contributed by atoms with E-state index in [2.05, 4.69) is 11.0 Å². The molecule has 0 spiro atoms. The van der Waals surface area contributed by atoms with E-state index in [9.17, 15) is 14.4 Å². The van der Waals surface area contributed by atoms with Gasteiger partial charge in [-0.15, -0.1) is 0 Å². The Kier molecular flexibility index (Phi) is 5.87. The Morgan fingerprint density at radius 3 is 2.46 bits per heavy atom. The van der Waals surface area contributed by atoms with Crippen molar-refractivity contribution >= 4 is 17.5 Å². The molecule has 26 heavy (non-hydrogen) atoms. The smallest absolute Gasteiger partial charge is 0.227 e. The highest BCUT2D eigenvalue weighted by atomic mass is 35.5. The zero-order valence-corrected chi connectivity index (χ0v) is 15.0. The molecule has 1 heterocycles. The second-order valence-corrected chi connectivity index (χ2v) is 6.74. The summed E-state index contributed by atoms with van der Waals surface area (Å²) < 4.78 is 13.0. The van der Waals surface area contributed by atoms with E-state index in [0.717, 1.165) is 11.1 Å². The van der Waals surface area contributed by atoms with Crippen molar-refractivity contribution in [2.75, 3.05) is 26.2 Å². The molecule has 134 valence electrons. The molecular weight excluding hydrogens is 353 g/mol. The number of hydrogen-bond donors (Lipinski definition) is 0. The minimum absolute atomic E-state index is 0.0209. The maximum atomic E-state index is 13.0. The summed E-state index contributed by atoms with van der Waals surface area (Å²) >= 11 is 6.03. The first-order valence-corrected chi connectivity index (χ1v) is 8.86. The van der Waals surface area contributed by atoms with Crippen molar-refractivity contribution in [3.8, 4) is 6.07 Å². The van der Waals surface area contributed by atoms with Crippen LogP contribution in [0.3, 0.4) is 0 Å². The van der Waals surface area contributed by atoms with Gasteiger partial charge in [0.05, 0.1) is 12.5 Å². The Bertz CT molecular complexity index is 811. The van der Waals surface area contributed by atoms with Crippen LogP contribution in [0.15, 0.2) is 48.5 Å². The molecule has 0 radical (unpaired) electrons. The maximum Gasteiger partial charge on any atom is 0.227 e. The molecule has 6 heteroatoms. The lowest BCUT2D eigenvalue weighted by molar-refractivity contribution is -0.132. The first-order valence-electron chi connectivity index (χ1n) is 8.48. The van der Waals surface area contributed by atoms with E-state index in [4.69, 9.17) is 11.6 Å². The highest BCUT2D eigenvalue weighted by molar-refractivity contribution is 6.30. The predicted octanol–water partition coefficient (Wildman–Crippen LogP) is 3.43. The molecular formula is C20H19ClFN3O. The first-order chi connectivity index (χ1) is 12.6. The number of nitrogens with zero attached hydrogens (tertiary/aromatic N) is 3. The number of piperazine rings is 1. The van der Waals surface area contributed by atoms with Gasteiger partial charge in [-0.05, 0) is 35.4 Å². The van der Waals surface area contributed by atoms with Gasteiger partial charge in [0.15, 0.2) is 0 Å². The molecule has 0 aliphatic carbocycles. The van der Waals surface area contributed by atoms with Gasteiger partial charge in [0.25, 0.3) is 0 Å². The van der Waals surface area contributed by atoms with Gasteiger partial charge in [-0.3, -0.25) is 9.69 Å². The Morgan fingerprint density at radius 1 is 1.15 bits per heavy atom. The number of amides is 1. The van der Waals surface area contributed by atoms with Gasteiger partial charge in [-0.25, -0.2) is 4.39 Å². The summed E-state index contributed by atoms with van der Waals surface area (Å²) in [7, 11) is 0. The van der Waals surface area contributed by atoms with Crippen LogP contribution in [0.4, 0.5) is 4.39 Å². The summed E-state index contributed by atoms with van der Waals surface area (Å²) in [6.45, 7) is 2.39. The first kappa shape index (κ1) is 18.4. The molecule has 1 atom stereocenters. The third-order valence-corrected chi connectivity index (χ3v) is 4.82. The zero-order valence-electron chi connectivity index (χ0n) is 14.2. The quantitative estimate of drug-likeness (QED) is 0.827. The molecule has 4 nitrogen and oxygen atoms in total. The summed E-state index contributed by atoms with van der Waals surface area (Å²) in [4.78, 5) is 16.3. The van der Waals surface area contributed by atoms with E-state index in [-0.39, 0.29) is 24.2 Å². The highest BCUT2D eigenvalue weighted by Gasteiger charge is 2.27. The van der Waals surface area contributed by atoms with Crippen LogP contribution in [0.2, 0.25) is 5.02 Å². The largest absolute Gasteiger partial charge is 0.340 e. The van der Waals surface area contributed by atoms with Crippen molar-refractivity contribution in [3.63, 3.8) is 0 Å². The van der Waals surface area contributed by atoms with Crippen molar-refractivity contribution in [1.82, 2.24) is 9.80 Å². The topological polar surface area (TPSA) is 47.3 Å². The zero-order chi connectivity index (χ0) is 18.5. The van der Waals surface area contributed by atoms with Gasteiger partial charge < -0.3 is 4.90 Å². The fourth-order valence-corrected chi connectivity index (χ4v) is 3.36. The number of halogens is 2. The fraction of sp³-hybridized carbons (Fsp3) is 0.300. The highest BCUT2D eigenvalue weighted by Crippen LogP contribution is 2.24. The molecule has 1 amide bonds. The monoisotopic (exact) mass is 371 g/mol. The van der Waals surface area contributed by atoms with Gasteiger partial charge in [0, 0.05) is 31.2 Å². The SMILES string of the molecule is N#CC(c1cccc(Cl)c1)N1CCN(C(=O)Cc2ccc(F)cc2)CC1. The van der Waals surface area contributed by atoms with Crippen molar-refractivity contribution in [2.45, 2.75) is 12.5 Å². The maximum absolute atomic E-state index is 13.0. The molecule has 0 aromatic heterocycles. The summed E-state index contributed by atoms with van der Waals surface area (Å²) in [6.07, 6.45) is 0.260. The van der Waals surface area contributed by atoms with Crippen LogP contribution in [0.25, 0.3) is 0 Å². The molecule has 0 saturated carbocycles. The Balaban J connectivity index is 1.58. The van der Waals surface area contributed by atoms with Gasteiger partial charge in [-0.1, -0.05) is 35.9 Å². The third-order valence-electron chi connectivity index (χ3n) is 4.59. The molecule has 0 N–H and O–H groups in total. The number of nitriles is 1. The molecule has 1 saturated heterocycles. The number of benzene rings is 2. The molecule has 3 rings (SSSR count). The molecule has 2 aromatic carbocycles. The predicted molar refractivity (Wildman–Crippen MR) is 98.1 cm³/mol. The standard InChI is InChI=1S/C20H19ClFN3O/c21-17-3-1-2-16(13-17)19(14-23)24-8-10-25(11-9-24)20(26)12-15-4-6-18(22)7-5-15/h1-7,13,19H,8-12H2. The lowest BCUT2D eigenvalue weighted by Crippen LogP contribution is -2.49. The van der Waals surface area contributed by atoms with E-state index in [1.54, 1.807) is 23.1 Å². The molecule has 1 unspecified atom stereocenters. The van der Waals surface area contributed by atoms with Crippen LogP contribution in [0, 0.1) is 17.1 Å². The van der Waals surface area contributed by atoms with Crippen LogP contribution in [-0.2, 0) is 11.2 Å². The Hall–Kier alpha value is -2.42. The summed E-state index contributed by atoms with van der Waals surface area (Å²) in [5.74, 6) is -0.286. The normalized spacial score (nSPS) is 16.1. The van der Waals surface area contributed by atoms with Crippen LogP contribution in [-0.4, -0.2) is 41.9 Å². The van der Waals surface area contributed by atoms with Crippen molar-refractivity contribution < 1.29 is 9.18 Å². The molecule has 1 fully saturated rings. The van der Waals surface area contributed by atoms with Gasteiger partial charge in [0.2, 0.25) is 5.91 Å². The molecule has 2 aromatic rings. The Labute approximate surface area is 157 Å². The van der Waals surface area contributed by atoms with Gasteiger partial charge in [0.1, 0.15) is 11.9 Å². The minimum Gasteiger partial charge on any atom is -0.340 e. The fourth-order valence-electron chi connectivity index (χ4n) is 3.16. The number of rotatable bonds is 4. The van der Waals surface area contributed by atoms with E-state index in [1.807, 2.05) is 18.2 Å². The summed E-state index contributed by atoms with van der Waals surface area (Å²) in [5.41, 5.74) is 1.67. The van der Waals surface area contributed by atoms with E-state index >= 15 is 0 Å². The second-order valence-electron chi connectivity index (χ2n) is 6.31. The molecule has 1 aliphatic rings.